The zero-order valence-electron chi connectivity index (χ0n) is 65.4. The first-order valence-electron chi connectivity index (χ1n) is 41.7. The Morgan fingerprint density at radius 1 is 0.323 bits per heavy atom. The van der Waals surface area contributed by atoms with Gasteiger partial charge in [0.2, 0.25) is 0 Å². The fourth-order valence-electron chi connectivity index (χ4n) is 11.9. The fraction of sp³-hybridized carbons (Fsp3) is 0.753. The number of phosphoric ester groups is 1. The largest absolute Gasteiger partial charge is 0.756 e. The Kier molecular flexibility index (Phi) is 75.7. The Balaban J connectivity index is 3.99. The van der Waals surface area contributed by atoms with E-state index in [0.717, 1.165) is 109 Å². The Labute approximate surface area is 613 Å². The highest BCUT2D eigenvalue weighted by Crippen LogP contribution is 2.38. The van der Waals surface area contributed by atoms with E-state index in [-0.39, 0.29) is 32.0 Å². The van der Waals surface area contributed by atoms with Crippen molar-refractivity contribution in [3.05, 3.63) is 122 Å². The number of hydrogen-bond donors (Lipinski definition) is 0. The molecule has 0 heterocycles. The molecule has 0 radical (unpaired) electrons. The van der Waals surface area contributed by atoms with Gasteiger partial charge in [-0.25, -0.2) is 0 Å². The molecule has 2 atom stereocenters. The molecule has 99 heavy (non-hydrogen) atoms. The molecular formula is C89H158NO8P. The van der Waals surface area contributed by atoms with E-state index >= 15 is 0 Å². The van der Waals surface area contributed by atoms with E-state index < -0.39 is 26.5 Å². The van der Waals surface area contributed by atoms with Gasteiger partial charge in [0.1, 0.15) is 19.8 Å². The maximum absolute atomic E-state index is 12.9. The molecule has 0 aliphatic carbocycles. The van der Waals surface area contributed by atoms with Gasteiger partial charge in [0.15, 0.2) is 6.10 Å². The molecule has 9 nitrogen and oxygen atoms in total. The summed E-state index contributed by atoms with van der Waals surface area (Å²) in [6, 6.07) is 0. The SMILES string of the molecule is CC/C=C\C/C=C\C/C=C\C/C=C\C/C=C\C/C=C\C/C=C\C/C=C\C/C=C\C/C=C\CCCCCCCCCCC(=O)OC(COC(=O)CCCCCCCCCCCCCCCCCCCCCCCCCCCCCCCCCCCCCC)COP(=O)([O-])OCC[N+](C)(C)C. The van der Waals surface area contributed by atoms with E-state index in [9.17, 15) is 19.0 Å². The zero-order valence-corrected chi connectivity index (χ0v) is 66.3. The lowest BCUT2D eigenvalue weighted by molar-refractivity contribution is -0.870. The van der Waals surface area contributed by atoms with Gasteiger partial charge in [-0.05, 0) is 89.9 Å². The number of quaternary nitrogens is 1. The van der Waals surface area contributed by atoms with Crippen molar-refractivity contribution in [3.63, 3.8) is 0 Å². The minimum Gasteiger partial charge on any atom is -0.756 e. The van der Waals surface area contributed by atoms with Crippen LogP contribution in [0.3, 0.4) is 0 Å². The number of esters is 2. The fourth-order valence-corrected chi connectivity index (χ4v) is 12.7. The van der Waals surface area contributed by atoms with Gasteiger partial charge in [-0.3, -0.25) is 14.2 Å². The van der Waals surface area contributed by atoms with Gasteiger partial charge in [-0.15, -0.1) is 0 Å². The Bertz CT molecular complexity index is 2090. The summed E-state index contributed by atoms with van der Waals surface area (Å²) in [6.07, 6.45) is 113. The number of rotatable bonds is 77. The molecule has 0 N–H and O–H groups in total. The van der Waals surface area contributed by atoms with Crippen LogP contribution >= 0.6 is 7.82 Å². The normalized spacial score (nSPS) is 13.6. The van der Waals surface area contributed by atoms with E-state index in [0.29, 0.717) is 17.4 Å². The number of carbonyl (C=O) groups excluding carboxylic acids is 2. The predicted molar refractivity (Wildman–Crippen MR) is 429 cm³/mol. The molecule has 572 valence electrons. The summed E-state index contributed by atoms with van der Waals surface area (Å²) in [4.78, 5) is 38.2. The highest BCUT2D eigenvalue weighted by atomic mass is 31.2. The smallest absolute Gasteiger partial charge is 0.306 e. The van der Waals surface area contributed by atoms with Crippen LogP contribution in [0.5, 0.6) is 0 Å². The first kappa shape index (κ1) is 95.4. The maximum atomic E-state index is 12.9. The number of allylic oxidation sites excluding steroid dienone is 20. The molecular weight excluding hydrogens is 1240 g/mol. The summed E-state index contributed by atoms with van der Waals surface area (Å²) >= 11 is 0. The van der Waals surface area contributed by atoms with E-state index in [4.69, 9.17) is 18.5 Å². The molecule has 0 aromatic carbocycles. The Hall–Kier alpha value is -3.59. The van der Waals surface area contributed by atoms with E-state index in [2.05, 4.69) is 135 Å². The topological polar surface area (TPSA) is 111 Å². The molecule has 10 heteroatoms. The monoisotopic (exact) mass is 1400 g/mol. The standard InChI is InChI=1S/C89H158NO8P/c1-6-8-10-12-14-16-18-20-22-24-26-28-30-32-34-36-38-40-42-44-45-46-48-50-52-54-56-58-60-62-64-66-68-70-72-74-76-78-80-82-89(92)98-87(86-97-99(93,94)96-84-83-90(3,4)5)85-95-88(91)81-79-77-75-73-71-69-67-65-63-61-59-57-55-53-51-49-47-43-41-39-37-35-33-31-29-27-25-23-21-19-17-15-13-11-9-7-2/h8,10,14,16,20,22,26,28,32,34,38,40,44-45,48,50,54,56,60,62,87H,6-7,9,11-13,15,17-19,21,23-25,27,29-31,33,35-37,39,41-43,46-47,49,51-53,55,57-59,61,63-86H2,1-5H3/b10-8-,16-14-,22-20-,28-26-,34-32-,40-38-,45-44-,50-48-,56-54-,62-60-. The van der Waals surface area contributed by atoms with Crippen molar-refractivity contribution in [2.45, 2.75) is 386 Å². The third-order valence-electron chi connectivity index (χ3n) is 18.2. The third-order valence-corrected chi connectivity index (χ3v) is 19.2. The molecule has 0 fully saturated rings. The summed E-state index contributed by atoms with van der Waals surface area (Å²) in [7, 11) is 1.16. The molecule has 0 aromatic rings. The van der Waals surface area contributed by atoms with Crippen LogP contribution in [0.25, 0.3) is 0 Å². The van der Waals surface area contributed by atoms with Gasteiger partial charge in [0.05, 0.1) is 27.7 Å². The van der Waals surface area contributed by atoms with Gasteiger partial charge < -0.3 is 27.9 Å². The third kappa shape index (κ3) is 83.2. The second-order valence-corrected chi connectivity index (χ2v) is 30.5. The van der Waals surface area contributed by atoms with Crippen molar-refractivity contribution < 1.29 is 42.1 Å². The molecule has 0 aliphatic heterocycles. The minimum absolute atomic E-state index is 0.0361. The maximum Gasteiger partial charge on any atom is 0.306 e. The van der Waals surface area contributed by atoms with Crippen molar-refractivity contribution in [1.82, 2.24) is 0 Å². The molecule has 0 saturated heterocycles. The average molecular weight is 1400 g/mol. The van der Waals surface area contributed by atoms with Crippen molar-refractivity contribution in [3.8, 4) is 0 Å². The van der Waals surface area contributed by atoms with Crippen LogP contribution in [0.4, 0.5) is 0 Å². The molecule has 0 aromatic heterocycles. The molecule has 0 amide bonds. The predicted octanol–water partition coefficient (Wildman–Crippen LogP) is 27.5. The highest BCUT2D eigenvalue weighted by Gasteiger charge is 2.22. The first-order chi connectivity index (χ1) is 48.5. The van der Waals surface area contributed by atoms with Gasteiger partial charge >= 0.3 is 11.9 Å². The summed E-state index contributed by atoms with van der Waals surface area (Å²) < 4.78 is 34.4. The van der Waals surface area contributed by atoms with Crippen LogP contribution in [0.2, 0.25) is 0 Å². The van der Waals surface area contributed by atoms with Gasteiger partial charge in [0, 0.05) is 12.8 Å². The number of ether oxygens (including phenoxy) is 2. The van der Waals surface area contributed by atoms with Crippen LogP contribution < -0.4 is 4.89 Å². The lowest BCUT2D eigenvalue weighted by Gasteiger charge is -2.28. The Morgan fingerprint density at radius 2 is 0.576 bits per heavy atom. The first-order valence-corrected chi connectivity index (χ1v) is 43.2. The summed E-state index contributed by atoms with van der Waals surface area (Å²) in [6.45, 7) is 4.16. The van der Waals surface area contributed by atoms with Crippen LogP contribution in [0.1, 0.15) is 380 Å². The number of unbranched alkanes of at least 4 members (excludes halogenated alkanes) is 43. The van der Waals surface area contributed by atoms with Crippen molar-refractivity contribution >= 4 is 19.8 Å². The molecule has 0 rings (SSSR count). The van der Waals surface area contributed by atoms with Crippen molar-refractivity contribution in [2.75, 3.05) is 47.5 Å². The lowest BCUT2D eigenvalue weighted by Crippen LogP contribution is -2.37. The summed E-state index contributed by atoms with van der Waals surface area (Å²) in [5.74, 6) is -0.833. The van der Waals surface area contributed by atoms with E-state index in [1.165, 1.54) is 238 Å². The molecule has 0 bridgehead atoms. The van der Waals surface area contributed by atoms with Crippen molar-refractivity contribution in [1.29, 1.82) is 0 Å². The average Bonchev–Trinajstić information content (AvgIpc) is 0.989. The quantitative estimate of drug-likeness (QED) is 0.0195. The van der Waals surface area contributed by atoms with Gasteiger partial charge in [0.25, 0.3) is 7.82 Å². The van der Waals surface area contributed by atoms with E-state index in [1.807, 2.05) is 21.1 Å². The Morgan fingerprint density at radius 3 is 0.859 bits per heavy atom. The number of hydrogen-bond acceptors (Lipinski definition) is 8. The molecule has 2 unspecified atom stereocenters. The van der Waals surface area contributed by atoms with Crippen LogP contribution in [-0.4, -0.2) is 70.0 Å². The van der Waals surface area contributed by atoms with Crippen LogP contribution in [0, 0.1) is 0 Å². The molecule has 0 saturated carbocycles. The lowest BCUT2D eigenvalue weighted by atomic mass is 10.0. The molecule has 0 aliphatic rings. The minimum atomic E-state index is -4.66. The number of nitrogens with zero attached hydrogens (tertiary/aromatic N) is 1. The van der Waals surface area contributed by atoms with Gasteiger partial charge in [-0.2, -0.15) is 0 Å². The van der Waals surface area contributed by atoms with Gasteiger partial charge in [-0.1, -0.05) is 399 Å². The van der Waals surface area contributed by atoms with Crippen molar-refractivity contribution in [2.24, 2.45) is 0 Å². The molecule has 0 spiro atoms. The highest BCUT2D eigenvalue weighted by molar-refractivity contribution is 7.45. The zero-order chi connectivity index (χ0) is 71.8. The summed E-state index contributed by atoms with van der Waals surface area (Å²) in [5.41, 5.74) is 0. The summed E-state index contributed by atoms with van der Waals surface area (Å²) in [5, 5.41) is 0. The number of carbonyl (C=O) groups is 2. The van der Waals surface area contributed by atoms with Crippen LogP contribution in [0.15, 0.2) is 122 Å². The number of phosphoric acid groups is 1. The number of likely N-dealkylation sites (N-methyl/N-ethyl adjacent to an activating group) is 1. The second kappa shape index (κ2) is 78.5. The van der Waals surface area contributed by atoms with Crippen LogP contribution in [-0.2, 0) is 32.7 Å². The second-order valence-electron chi connectivity index (χ2n) is 29.1. The van der Waals surface area contributed by atoms with E-state index in [1.54, 1.807) is 0 Å².